The SMILES string of the molecule is Cc1ccc(C(N)C2(CO)CC2)o1. The molecular weight excluding hydrogens is 166 g/mol. The number of furan rings is 1. The Morgan fingerprint density at radius 3 is 2.69 bits per heavy atom. The van der Waals surface area contributed by atoms with Crippen LogP contribution in [-0.2, 0) is 0 Å². The van der Waals surface area contributed by atoms with Gasteiger partial charge < -0.3 is 15.3 Å². The van der Waals surface area contributed by atoms with E-state index < -0.39 is 0 Å². The van der Waals surface area contributed by atoms with E-state index in [1.54, 1.807) is 0 Å². The summed E-state index contributed by atoms with van der Waals surface area (Å²) < 4.78 is 5.44. The van der Waals surface area contributed by atoms with Crippen molar-refractivity contribution >= 4 is 0 Å². The summed E-state index contributed by atoms with van der Waals surface area (Å²) in [6.07, 6.45) is 2.01. The molecule has 0 bridgehead atoms. The van der Waals surface area contributed by atoms with Gasteiger partial charge in [-0.05, 0) is 31.9 Å². The minimum Gasteiger partial charge on any atom is -0.465 e. The maximum Gasteiger partial charge on any atom is 0.121 e. The molecule has 1 aromatic rings. The van der Waals surface area contributed by atoms with Gasteiger partial charge in [0.2, 0.25) is 0 Å². The summed E-state index contributed by atoms with van der Waals surface area (Å²) in [7, 11) is 0. The lowest BCUT2D eigenvalue weighted by molar-refractivity contribution is 0.177. The fourth-order valence-electron chi connectivity index (χ4n) is 1.65. The molecule has 1 aliphatic rings. The fraction of sp³-hybridized carbons (Fsp3) is 0.600. The number of nitrogens with two attached hydrogens (primary N) is 1. The zero-order valence-electron chi connectivity index (χ0n) is 7.79. The predicted octanol–water partition coefficient (Wildman–Crippen LogP) is 1.36. The topological polar surface area (TPSA) is 59.4 Å². The maximum absolute atomic E-state index is 9.17. The van der Waals surface area contributed by atoms with Crippen LogP contribution in [0.15, 0.2) is 16.5 Å². The summed E-state index contributed by atoms with van der Waals surface area (Å²) >= 11 is 0. The molecule has 1 aliphatic carbocycles. The standard InChI is InChI=1S/C10H15NO2/c1-7-2-3-8(13-7)9(11)10(6-12)4-5-10/h2-3,9,12H,4-6,11H2,1H3. The van der Waals surface area contributed by atoms with Crippen LogP contribution in [0.1, 0.15) is 30.4 Å². The number of hydrogen-bond acceptors (Lipinski definition) is 3. The highest BCUT2D eigenvalue weighted by atomic mass is 16.3. The van der Waals surface area contributed by atoms with Gasteiger partial charge in [0.25, 0.3) is 0 Å². The van der Waals surface area contributed by atoms with E-state index >= 15 is 0 Å². The Hall–Kier alpha value is -0.800. The third-order valence-electron chi connectivity index (χ3n) is 2.93. The zero-order chi connectivity index (χ0) is 9.47. The van der Waals surface area contributed by atoms with Crippen molar-refractivity contribution in [3.8, 4) is 0 Å². The molecule has 13 heavy (non-hydrogen) atoms. The highest BCUT2D eigenvalue weighted by molar-refractivity contribution is 5.16. The minimum absolute atomic E-state index is 0.0930. The molecule has 1 saturated carbocycles. The van der Waals surface area contributed by atoms with Gasteiger partial charge in [0.15, 0.2) is 0 Å². The summed E-state index contributed by atoms with van der Waals surface area (Å²) in [5.41, 5.74) is 5.91. The van der Waals surface area contributed by atoms with Gasteiger partial charge in [-0.1, -0.05) is 0 Å². The molecule has 0 amide bonds. The van der Waals surface area contributed by atoms with E-state index in [9.17, 15) is 5.11 Å². The van der Waals surface area contributed by atoms with E-state index in [0.717, 1.165) is 24.4 Å². The first-order chi connectivity index (χ1) is 6.18. The molecule has 3 nitrogen and oxygen atoms in total. The van der Waals surface area contributed by atoms with E-state index in [4.69, 9.17) is 10.2 Å². The van der Waals surface area contributed by atoms with Crippen molar-refractivity contribution < 1.29 is 9.52 Å². The Bertz CT molecular complexity index is 302. The van der Waals surface area contributed by atoms with Crippen molar-refractivity contribution in [3.05, 3.63) is 23.7 Å². The summed E-state index contributed by atoms with van der Waals surface area (Å²) in [6, 6.07) is 3.66. The molecule has 0 spiro atoms. The van der Waals surface area contributed by atoms with E-state index in [0.29, 0.717) is 0 Å². The second-order valence-corrected chi connectivity index (χ2v) is 3.95. The molecule has 3 N–H and O–H groups in total. The molecule has 0 aliphatic heterocycles. The molecule has 0 aromatic carbocycles. The third-order valence-corrected chi connectivity index (χ3v) is 2.93. The first-order valence-corrected chi connectivity index (χ1v) is 4.61. The maximum atomic E-state index is 9.17. The van der Waals surface area contributed by atoms with Gasteiger partial charge >= 0.3 is 0 Å². The molecule has 1 aromatic heterocycles. The molecule has 3 heteroatoms. The summed E-state index contributed by atoms with van der Waals surface area (Å²) in [5.74, 6) is 1.67. The van der Waals surface area contributed by atoms with Crippen LogP contribution in [0.5, 0.6) is 0 Å². The van der Waals surface area contributed by atoms with Crippen molar-refractivity contribution in [2.24, 2.45) is 11.1 Å². The van der Waals surface area contributed by atoms with Gasteiger partial charge in [-0.15, -0.1) is 0 Å². The highest BCUT2D eigenvalue weighted by Gasteiger charge is 2.49. The van der Waals surface area contributed by atoms with Crippen LogP contribution in [0.3, 0.4) is 0 Å². The lowest BCUT2D eigenvalue weighted by Crippen LogP contribution is -2.25. The Labute approximate surface area is 77.5 Å². The van der Waals surface area contributed by atoms with Gasteiger partial charge in [-0.3, -0.25) is 0 Å². The van der Waals surface area contributed by atoms with Gasteiger partial charge in [0, 0.05) is 5.41 Å². The van der Waals surface area contributed by atoms with Crippen LogP contribution in [0.2, 0.25) is 0 Å². The van der Waals surface area contributed by atoms with Gasteiger partial charge in [0.05, 0.1) is 12.6 Å². The van der Waals surface area contributed by atoms with Crippen LogP contribution in [0, 0.1) is 12.3 Å². The van der Waals surface area contributed by atoms with Crippen LogP contribution in [0.25, 0.3) is 0 Å². The van der Waals surface area contributed by atoms with Crippen LogP contribution < -0.4 is 5.73 Å². The summed E-state index contributed by atoms with van der Waals surface area (Å²) in [5, 5.41) is 9.17. The van der Waals surface area contributed by atoms with Crippen LogP contribution >= 0.6 is 0 Å². The number of aliphatic hydroxyl groups excluding tert-OH is 1. The Morgan fingerprint density at radius 1 is 1.62 bits per heavy atom. The van der Waals surface area contributed by atoms with Crippen molar-refractivity contribution in [3.63, 3.8) is 0 Å². The van der Waals surface area contributed by atoms with Gasteiger partial charge in [0.1, 0.15) is 11.5 Å². The first-order valence-electron chi connectivity index (χ1n) is 4.61. The number of hydrogen-bond donors (Lipinski definition) is 2. The second kappa shape index (κ2) is 2.86. The van der Waals surface area contributed by atoms with Crippen LogP contribution in [-0.4, -0.2) is 11.7 Å². The van der Waals surface area contributed by atoms with E-state index in [2.05, 4.69) is 0 Å². The molecular formula is C10H15NO2. The van der Waals surface area contributed by atoms with E-state index in [-0.39, 0.29) is 18.1 Å². The molecule has 2 rings (SSSR count). The largest absolute Gasteiger partial charge is 0.465 e. The van der Waals surface area contributed by atoms with Crippen molar-refractivity contribution in [1.82, 2.24) is 0 Å². The minimum atomic E-state index is -0.147. The molecule has 1 heterocycles. The van der Waals surface area contributed by atoms with Gasteiger partial charge in [-0.25, -0.2) is 0 Å². The number of aliphatic hydroxyl groups is 1. The Kier molecular flexibility index (Phi) is 1.93. The number of aryl methyl sites for hydroxylation is 1. The lowest BCUT2D eigenvalue weighted by atomic mass is 9.96. The molecule has 1 atom stereocenters. The monoisotopic (exact) mass is 181 g/mol. The lowest BCUT2D eigenvalue weighted by Gasteiger charge is -2.18. The van der Waals surface area contributed by atoms with Crippen molar-refractivity contribution in [1.29, 1.82) is 0 Å². The fourth-order valence-corrected chi connectivity index (χ4v) is 1.65. The molecule has 1 unspecified atom stereocenters. The number of rotatable bonds is 3. The first kappa shape index (κ1) is 8.78. The van der Waals surface area contributed by atoms with Gasteiger partial charge in [-0.2, -0.15) is 0 Å². The molecule has 0 radical (unpaired) electrons. The smallest absolute Gasteiger partial charge is 0.121 e. The normalized spacial score (nSPS) is 21.5. The molecule has 0 saturated heterocycles. The van der Waals surface area contributed by atoms with Crippen molar-refractivity contribution in [2.75, 3.05) is 6.61 Å². The zero-order valence-corrected chi connectivity index (χ0v) is 7.79. The Morgan fingerprint density at radius 2 is 2.31 bits per heavy atom. The quantitative estimate of drug-likeness (QED) is 0.740. The summed E-state index contributed by atoms with van der Waals surface area (Å²) in [6.45, 7) is 2.06. The predicted molar refractivity (Wildman–Crippen MR) is 49.1 cm³/mol. The summed E-state index contributed by atoms with van der Waals surface area (Å²) in [4.78, 5) is 0. The third kappa shape index (κ3) is 1.38. The average Bonchev–Trinajstić information content (AvgIpc) is 2.82. The van der Waals surface area contributed by atoms with Crippen molar-refractivity contribution in [2.45, 2.75) is 25.8 Å². The van der Waals surface area contributed by atoms with E-state index in [1.807, 2.05) is 19.1 Å². The average molecular weight is 181 g/mol. The molecule has 1 fully saturated rings. The molecule has 72 valence electrons. The highest BCUT2D eigenvalue weighted by Crippen LogP contribution is 2.53. The second-order valence-electron chi connectivity index (χ2n) is 3.95. The van der Waals surface area contributed by atoms with Crippen LogP contribution in [0.4, 0.5) is 0 Å². The Balaban J connectivity index is 2.17. The van der Waals surface area contributed by atoms with E-state index in [1.165, 1.54) is 0 Å².